The van der Waals surface area contributed by atoms with Crippen LogP contribution in [0.5, 0.6) is 0 Å². The van der Waals surface area contributed by atoms with E-state index in [9.17, 15) is 0 Å². The molecule has 0 heterocycles. The van der Waals surface area contributed by atoms with Gasteiger partial charge in [0, 0.05) is 33.2 Å². The van der Waals surface area contributed by atoms with Gasteiger partial charge in [0.25, 0.3) is 0 Å². The molecule has 0 aromatic carbocycles. The molecule has 0 rings (SSSR count). The Morgan fingerprint density at radius 3 is 2.09 bits per heavy atom. The molecule has 0 unspecified atom stereocenters. The van der Waals surface area contributed by atoms with Gasteiger partial charge < -0.3 is 15.4 Å². The van der Waals surface area contributed by atoms with Crippen LogP contribution in [-0.4, -0.2) is 62.5 Å². The van der Waals surface area contributed by atoms with Crippen LogP contribution in [0.4, 0.5) is 0 Å². The second-order valence-corrected chi connectivity index (χ2v) is 2.93. The SMILES string of the molecule is CN(C)CCNCCN(C)O. The Morgan fingerprint density at radius 1 is 1.09 bits per heavy atom. The highest BCUT2D eigenvalue weighted by Crippen LogP contribution is 1.72. The molecule has 0 amide bonds. The van der Waals surface area contributed by atoms with Gasteiger partial charge in [0.2, 0.25) is 0 Å². The summed E-state index contributed by atoms with van der Waals surface area (Å²) >= 11 is 0. The van der Waals surface area contributed by atoms with Crippen molar-refractivity contribution in [1.82, 2.24) is 15.3 Å². The number of hydrogen-bond donors (Lipinski definition) is 2. The fraction of sp³-hybridized carbons (Fsp3) is 1.00. The molecule has 0 aliphatic rings. The minimum atomic E-state index is 0.674. The van der Waals surface area contributed by atoms with E-state index < -0.39 is 0 Å². The monoisotopic (exact) mass is 161 g/mol. The van der Waals surface area contributed by atoms with E-state index in [0.29, 0.717) is 6.54 Å². The summed E-state index contributed by atoms with van der Waals surface area (Å²) < 4.78 is 0. The molecule has 0 aliphatic heterocycles. The normalized spacial score (nSPS) is 11.5. The molecule has 0 fully saturated rings. The zero-order chi connectivity index (χ0) is 8.69. The van der Waals surface area contributed by atoms with Crippen LogP contribution in [0.1, 0.15) is 0 Å². The molecule has 11 heavy (non-hydrogen) atoms. The highest BCUT2D eigenvalue weighted by atomic mass is 16.5. The molecule has 68 valence electrons. The Bertz CT molecular complexity index is 75.8. The van der Waals surface area contributed by atoms with E-state index in [1.54, 1.807) is 7.05 Å². The standard InChI is InChI=1S/C7H19N3O/c1-9(2)6-4-8-5-7-10(3)11/h8,11H,4-7H2,1-3H3. The van der Waals surface area contributed by atoms with Gasteiger partial charge in [-0.3, -0.25) is 0 Å². The largest absolute Gasteiger partial charge is 0.314 e. The molecule has 4 nitrogen and oxygen atoms in total. The van der Waals surface area contributed by atoms with E-state index in [0.717, 1.165) is 19.6 Å². The molecule has 0 aromatic rings. The molecule has 4 heteroatoms. The smallest absolute Gasteiger partial charge is 0.0360 e. The zero-order valence-corrected chi connectivity index (χ0v) is 7.67. The first-order valence-corrected chi connectivity index (χ1v) is 3.88. The molecule has 0 atom stereocenters. The van der Waals surface area contributed by atoms with Crippen molar-refractivity contribution in [2.24, 2.45) is 0 Å². The Morgan fingerprint density at radius 2 is 1.64 bits per heavy atom. The first-order chi connectivity index (χ1) is 5.13. The minimum absolute atomic E-state index is 0.674. The highest BCUT2D eigenvalue weighted by molar-refractivity contribution is 4.50. The topological polar surface area (TPSA) is 38.7 Å². The van der Waals surface area contributed by atoms with Crippen molar-refractivity contribution in [3.05, 3.63) is 0 Å². The van der Waals surface area contributed by atoms with E-state index in [4.69, 9.17) is 5.21 Å². The highest BCUT2D eigenvalue weighted by Gasteiger charge is 1.91. The predicted molar refractivity (Wildman–Crippen MR) is 45.8 cm³/mol. The predicted octanol–water partition coefficient (Wildman–Crippen LogP) is -0.541. The molecule has 0 saturated heterocycles. The van der Waals surface area contributed by atoms with Crippen LogP contribution in [-0.2, 0) is 0 Å². The van der Waals surface area contributed by atoms with Crippen molar-refractivity contribution in [2.75, 3.05) is 47.3 Å². The van der Waals surface area contributed by atoms with Crippen LogP contribution >= 0.6 is 0 Å². The maximum absolute atomic E-state index is 8.74. The van der Waals surface area contributed by atoms with Crippen LogP contribution in [0, 0.1) is 0 Å². The number of hydrogen-bond acceptors (Lipinski definition) is 4. The van der Waals surface area contributed by atoms with E-state index >= 15 is 0 Å². The number of nitrogens with one attached hydrogen (secondary N) is 1. The molecule has 0 aliphatic carbocycles. The number of nitrogens with zero attached hydrogens (tertiary/aromatic N) is 2. The van der Waals surface area contributed by atoms with Gasteiger partial charge >= 0.3 is 0 Å². The average Bonchev–Trinajstić information content (AvgIpc) is 1.85. The van der Waals surface area contributed by atoms with Crippen molar-refractivity contribution in [1.29, 1.82) is 0 Å². The summed E-state index contributed by atoms with van der Waals surface area (Å²) in [7, 11) is 5.73. The molecule has 2 N–H and O–H groups in total. The Hall–Kier alpha value is -0.160. The average molecular weight is 161 g/mol. The molecule has 0 spiro atoms. The summed E-state index contributed by atoms with van der Waals surface area (Å²) in [5.41, 5.74) is 0. The van der Waals surface area contributed by atoms with Gasteiger partial charge in [0.15, 0.2) is 0 Å². The van der Waals surface area contributed by atoms with Gasteiger partial charge in [0.1, 0.15) is 0 Å². The van der Waals surface area contributed by atoms with Crippen LogP contribution in [0.15, 0.2) is 0 Å². The number of rotatable bonds is 6. The summed E-state index contributed by atoms with van der Waals surface area (Å²) in [5, 5.41) is 13.1. The quantitative estimate of drug-likeness (QED) is 0.405. The molecular weight excluding hydrogens is 142 g/mol. The third kappa shape index (κ3) is 9.84. The van der Waals surface area contributed by atoms with E-state index in [1.165, 1.54) is 5.06 Å². The molecule has 0 saturated carbocycles. The van der Waals surface area contributed by atoms with E-state index in [1.807, 2.05) is 14.1 Å². The minimum Gasteiger partial charge on any atom is -0.314 e. The van der Waals surface area contributed by atoms with Crippen LogP contribution in [0.25, 0.3) is 0 Å². The van der Waals surface area contributed by atoms with Gasteiger partial charge in [-0.2, -0.15) is 5.06 Å². The van der Waals surface area contributed by atoms with Crippen molar-refractivity contribution >= 4 is 0 Å². The Kier molecular flexibility index (Phi) is 6.45. The lowest BCUT2D eigenvalue weighted by Crippen LogP contribution is -2.32. The van der Waals surface area contributed by atoms with Gasteiger partial charge in [-0.15, -0.1) is 0 Å². The van der Waals surface area contributed by atoms with Gasteiger partial charge in [0.05, 0.1) is 0 Å². The number of hydroxylamine groups is 2. The van der Waals surface area contributed by atoms with Crippen LogP contribution in [0.2, 0.25) is 0 Å². The summed E-state index contributed by atoms with van der Waals surface area (Å²) in [6, 6.07) is 0. The fourth-order valence-electron chi connectivity index (χ4n) is 0.669. The zero-order valence-electron chi connectivity index (χ0n) is 7.67. The van der Waals surface area contributed by atoms with Crippen molar-refractivity contribution in [2.45, 2.75) is 0 Å². The second-order valence-electron chi connectivity index (χ2n) is 2.93. The maximum atomic E-state index is 8.74. The van der Waals surface area contributed by atoms with Crippen LogP contribution in [0.3, 0.4) is 0 Å². The van der Waals surface area contributed by atoms with Gasteiger partial charge in [-0.1, -0.05) is 0 Å². The van der Waals surface area contributed by atoms with Crippen molar-refractivity contribution in [3.63, 3.8) is 0 Å². The first kappa shape index (κ1) is 10.8. The maximum Gasteiger partial charge on any atom is 0.0360 e. The van der Waals surface area contributed by atoms with E-state index in [-0.39, 0.29) is 0 Å². The lowest BCUT2D eigenvalue weighted by molar-refractivity contribution is -0.0630. The fourth-order valence-corrected chi connectivity index (χ4v) is 0.669. The summed E-state index contributed by atoms with van der Waals surface area (Å²) in [6.07, 6.45) is 0. The summed E-state index contributed by atoms with van der Waals surface area (Å²) in [4.78, 5) is 2.12. The van der Waals surface area contributed by atoms with Crippen molar-refractivity contribution < 1.29 is 5.21 Å². The lowest BCUT2D eigenvalue weighted by Gasteiger charge is -2.11. The summed E-state index contributed by atoms with van der Waals surface area (Å²) in [5.74, 6) is 0. The Balaban J connectivity index is 2.91. The lowest BCUT2D eigenvalue weighted by atomic mass is 10.5. The van der Waals surface area contributed by atoms with Crippen LogP contribution < -0.4 is 5.32 Å². The van der Waals surface area contributed by atoms with Crippen molar-refractivity contribution in [3.8, 4) is 0 Å². The number of likely N-dealkylation sites (N-methyl/N-ethyl adjacent to an activating group) is 2. The molecular formula is C7H19N3O. The van der Waals surface area contributed by atoms with Gasteiger partial charge in [-0.05, 0) is 14.1 Å². The first-order valence-electron chi connectivity index (χ1n) is 3.88. The molecule has 0 bridgehead atoms. The van der Waals surface area contributed by atoms with E-state index in [2.05, 4.69) is 10.2 Å². The third-order valence-corrected chi connectivity index (χ3v) is 1.35. The molecule has 0 radical (unpaired) electrons. The van der Waals surface area contributed by atoms with Gasteiger partial charge in [-0.25, -0.2) is 0 Å². The second kappa shape index (κ2) is 6.54. The summed E-state index contributed by atoms with van der Waals surface area (Å²) in [6.45, 7) is 3.52. The third-order valence-electron chi connectivity index (χ3n) is 1.35. The molecule has 0 aromatic heterocycles. The Labute approximate surface area is 68.7 Å².